The van der Waals surface area contributed by atoms with E-state index in [0.29, 0.717) is 0 Å². The van der Waals surface area contributed by atoms with Crippen molar-refractivity contribution in [2.24, 2.45) is 0 Å². The molecule has 0 radical (unpaired) electrons. The molecule has 7 heteroatoms. The smallest absolute Gasteiger partial charge is 0.335 e. The Labute approximate surface area is 151 Å². The molecule has 0 fully saturated rings. The summed E-state index contributed by atoms with van der Waals surface area (Å²) in [6.45, 7) is 0.0706. The number of sulfonamides is 1. The van der Waals surface area contributed by atoms with Crippen LogP contribution < -0.4 is 4.31 Å². The molecule has 26 heavy (non-hydrogen) atoms. The Morgan fingerprint density at radius 2 is 1.77 bits per heavy atom. The van der Waals surface area contributed by atoms with E-state index in [2.05, 4.69) is 4.98 Å². The lowest BCUT2D eigenvalue weighted by atomic mass is 10.2. The van der Waals surface area contributed by atoms with Crippen LogP contribution in [0, 0.1) is 0 Å². The SMILES string of the molecule is O=C(O)c1cccc(N(Cc2ccccc2)S(=O)(=O)c2cccnc2)c1. The summed E-state index contributed by atoms with van der Waals surface area (Å²) < 4.78 is 27.5. The van der Waals surface area contributed by atoms with E-state index in [1.165, 1.54) is 41.0 Å². The minimum absolute atomic E-state index is 0.0157. The van der Waals surface area contributed by atoms with Crippen LogP contribution in [-0.4, -0.2) is 24.5 Å². The summed E-state index contributed by atoms with van der Waals surface area (Å²) in [4.78, 5) is 15.2. The zero-order valence-corrected chi connectivity index (χ0v) is 14.5. The van der Waals surface area contributed by atoms with Crippen LogP contribution in [0.4, 0.5) is 5.69 Å². The molecule has 0 saturated carbocycles. The third-order valence-corrected chi connectivity index (χ3v) is 5.53. The van der Waals surface area contributed by atoms with Crippen LogP contribution in [-0.2, 0) is 16.6 Å². The lowest BCUT2D eigenvalue weighted by Crippen LogP contribution is -2.30. The van der Waals surface area contributed by atoms with Gasteiger partial charge in [0.1, 0.15) is 4.90 Å². The molecule has 132 valence electrons. The third-order valence-electron chi connectivity index (χ3n) is 3.77. The first-order valence-corrected chi connectivity index (χ1v) is 9.22. The number of anilines is 1. The molecule has 2 aromatic carbocycles. The lowest BCUT2D eigenvalue weighted by molar-refractivity contribution is 0.0697. The minimum Gasteiger partial charge on any atom is -0.478 e. The van der Waals surface area contributed by atoms with Gasteiger partial charge in [-0.1, -0.05) is 36.4 Å². The van der Waals surface area contributed by atoms with Gasteiger partial charge in [-0.25, -0.2) is 13.2 Å². The highest BCUT2D eigenvalue weighted by Crippen LogP contribution is 2.26. The first kappa shape index (κ1) is 17.6. The van der Waals surface area contributed by atoms with Crippen LogP contribution in [0.25, 0.3) is 0 Å². The van der Waals surface area contributed by atoms with Gasteiger partial charge in [-0.3, -0.25) is 9.29 Å². The molecule has 6 nitrogen and oxygen atoms in total. The number of rotatable bonds is 6. The van der Waals surface area contributed by atoms with Crippen molar-refractivity contribution in [2.45, 2.75) is 11.4 Å². The van der Waals surface area contributed by atoms with Gasteiger partial charge >= 0.3 is 5.97 Å². The van der Waals surface area contributed by atoms with Crippen molar-refractivity contribution < 1.29 is 18.3 Å². The number of benzene rings is 2. The van der Waals surface area contributed by atoms with Gasteiger partial charge in [-0.2, -0.15) is 0 Å². The van der Waals surface area contributed by atoms with Gasteiger partial charge < -0.3 is 5.11 Å². The van der Waals surface area contributed by atoms with Crippen LogP contribution >= 0.6 is 0 Å². The van der Waals surface area contributed by atoms with E-state index in [0.717, 1.165) is 5.56 Å². The topological polar surface area (TPSA) is 87.6 Å². The number of carboxylic acid groups (broad SMARTS) is 1. The maximum Gasteiger partial charge on any atom is 0.335 e. The van der Waals surface area contributed by atoms with Crippen molar-refractivity contribution in [3.8, 4) is 0 Å². The molecule has 3 rings (SSSR count). The van der Waals surface area contributed by atoms with Crippen molar-refractivity contribution in [3.05, 3.63) is 90.3 Å². The highest BCUT2D eigenvalue weighted by Gasteiger charge is 2.26. The van der Waals surface area contributed by atoms with Crippen molar-refractivity contribution in [1.29, 1.82) is 0 Å². The van der Waals surface area contributed by atoms with E-state index in [4.69, 9.17) is 0 Å². The molecular formula is C19H16N2O4S. The minimum atomic E-state index is -3.92. The molecule has 0 bridgehead atoms. The number of carboxylic acids is 1. The van der Waals surface area contributed by atoms with Crippen LogP contribution in [0.1, 0.15) is 15.9 Å². The van der Waals surface area contributed by atoms with Gasteiger partial charge in [0.05, 0.1) is 17.8 Å². The average Bonchev–Trinajstić information content (AvgIpc) is 2.67. The second-order valence-corrected chi connectivity index (χ2v) is 7.40. The summed E-state index contributed by atoms with van der Waals surface area (Å²) in [5.41, 5.74) is 1.07. The van der Waals surface area contributed by atoms with E-state index in [-0.39, 0.29) is 22.7 Å². The molecule has 0 atom stereocenters. The molecule has 0 aliphatic carbocycles. The number of carbonyl (C=O) groups is 1. The number of hydrogen-bond donors (Lipinski definition) is 1. The Hall–Kier alpha value is -3.19. The lowest BCUT2D eigenvalue weighted by Gasteiger charge is -2.25. The quantitative estimate of drug-likeness (QED) is 0.722. The Morgan fingerprint density at radius 1 is 1.00 bits per heavy atom. The average molecular weight is 368 g/mol. The van der Waals surface area contributed by atoms with E-state index in [1.807, 2.05) is 30.3 Å². The molecule has 0 aliphatic heterocycles. The normalized spacial score (nSPS) is 11.1. The largest absolute Gasteiger partial charge is 0.478 e. The van der Waals surface area contributed by atoms with Gasteiger partial charge in [0.25, 0.3) is 10.0 Å². The number of aromatic carboxylic acids is 1. The van der Waals surface area contributed by atoms with Gasteiger partial charge in [-0.05, 0) is 35.9 Å². The summed E-state index contributed by atoms with van der Waals surface area (Å²) >= 11 is 0. The van der Waals surface area contributed by atoms with Gasteiger partial charge in [0, 0.05) is 12.4 Å². The van der Waals surface area contributed by atoms with E-state index in [9.17, 15) is 18.3 Å². The zero-order valence-electron chi connectivity index (χ0n) is 13.7. The predicted octanol–water partition coefficient (Wildman–Crippen LogP) is 3.18. The van der Waals surface area contributed by atoms with Gasteiger partial charge in [-0.15, -0.1) is 0 Å². The molecule has 1 aromatic heterocycles. The summed E-state index contributed by atoms with van der Waals surface area (Å²) in [6.07, 6.45) is 2.76. The highest BCUT2D eigenvalue weighted by atomic mass is 32.2. The van der Waals surface area contributed by atoms with E-state index in [1.54, 1.807) is 12.1 Å². The van der Waals surface area contributed by atoms with Crippen molar-refractivity contribution in [1.82, 2.24) is 4.98 Å². The molecule has 0 aliphatic rings. The fourth-order valence-corrected chi connectivity index (χ4v) is 3.89. The molecule has 0 amide bonds. The molecule has 3 aromatic rings. The van der Waals surface area contributed by atoms with E-state index < -0.39 is 16.0 Å². The van der Waals surface area contributed by atoms with Crippen LogP contribution in [0.3, 0.4) is 0 Å². The molecule has 1 N–H and O–H groups in total. The number of hydrogen-bond acceptors (Lipinski definition) is 4. The Kier molecular flexibility index (Phi) is 4.99. The van der Waals surface area contributed by atoms with Crippen LogP contribution in [0.5, 0.6) is 0 Å². The summed E-state index contributed by atoms with van der Waals surface area (Å²) in [7, 11) is -3.92. The fraction of sp³-hybridized carbons (Fsp3) is 0.0526. The van der Waals surface area contributed by atoms with E-state index >= 15 is 0 Å². The monoisotopic (exact) mass is 368 g/mol. The number of aromatic nitrogens is 1. The van der Waals surface area contributed by atoms with Crippen molar-refractivity contribution >= 4 is 21.7 Å². The summed E-state index contributed by atoms with van der Waals surface area (Å²) in [6, 6.07) is 18.0. The second-order valence-electron chi connectivity index (χ2n) is 5.54. The van der Waals surface area contributed by atoms with Crippen LogP contribution in [0.2, 0.25) is 0 Å². The third kappa shape index (κ3) is 3.73. The number of pyridine rings is 1. The fourth-order valence-electron chi connectivity index (χ4n) is 2.49. The molecule has 0 unspecified atom stereocenters. The van der Waals surface area contributed by atoms with Crippen LogP contribution in [0.15, 0.2) is 84.0 Å². The van der Waals surface area contributed by atoms with Gasteiger partial charge in [0.15, 0.2) is 0 Å². The Morgan fingerprint density at radius 3 is 2.42 bits per heavy atom. The first-order chi connectivity index (χ1) is 12.5. The van der Waals surface area contributed by atoms with Crippen molar-refractivity contribution in [3.63, 3.8) is 0 Å². The second kappa shape index (κ2) is 7.37. The zero-order chi connectivity index (χ0) is 18.6. The van der Waals surface area contributed by atoms with Crippen molar-refractivity contribution in [2.75, 3.05) is 4.31 Å². The number of nitrogens with zero attached hydrogens (tertiary/aromatic N) is 2. The Bertz CT molecular complexity index is 1010. The maximum atomic E-state index is 13.2. The standard InChI is InChI=1S/C19H16N2O4S/c22-19(23)16-8-4-9-17(12-16)21(14-15-6-2-1-3-7-15)26(24,25)18-10-5-11-20-13-18/h1-13H,14H2,(H,22,23). The maximum absolute atomic E-state index is 13.2. The molecule has 1 heterocycles. The Balaban J connectivity index is 2.11. The first-order valence-electron chi connectivity index (χ1n) is 7.78. The predicted molar refractivity (Wildman–Crippen MR) is 97.4 cm³/mol. The van der Waals surface area contributed by atoms with Gasteiger partial charge in [0.2, 0.25) is 0 Å². The molecule has 0 saturated heterocycles. The molecule has 0 spiro atoms. The summed E-state index contributed by atoms with van der Waals surface area (Å²) in [5.74, 6) is -1.12. The summed E-state index contributed by atoms with van der Waals surface area (Å²) in [5, 5.41) is 9.22. The highest BCUT2D eigenvalue weighted by molar-refractivity contribution is 7.92. The molecular weight excluding hydrogens is 352 g/mol.